The van der Waals surface area contributed by atoms with Crippen molar-refractivity contribution >= 4 is 23.2 Å². The predicted octanol–water partition coefficient (Wildman–Crippen LogP) is 4.39. The lowest BCUT2D eigenvalue weighted by molar-refractivity contribution is 0.0974. The van der Waals surface area contributed by atoms with Crippen molar-refractivity contribution in [2.24, 2.45) is 0 Å². The van der Waals surface area contributed by atoms with Crippen molar-refractivity contribution in [1.29, 1.82) is 0 Å². The number of hydrogen-bond acceptors (Lipinski definition) is 1. The fourth-order valence-corrected chi connectivity index (χ4v) is 2.21. The molecule has 0 aliphatic heterocycles. The summed E-state index contributed by atoms with van der Waals surface area (Å²) in [5, 5.41) is 16.0. The molecule has 0 spiro atoms. The molecule has 0 saturated carbocycles. The van der Waals surface area contributed by atoms with Crippen LogP contribution in [-0.2, 0) is 5.60 Å². The van der Waals surface area contributed by atoms with Crippen LogP contribution in [0.4, 0.5) is 0 Å². The molecule has 0 bridgehead atoms. The Morgan fingerprint density at radius 2 is 1.26 bits per heavy atom. The van der Waals surface area contributed by atoms with Gasteiger partial charge in [-0.15, -0.1) is 0 Å². The first kappa shape index (κ1) is 14.2. The van der Waals surface area contributed by atoms with Gasteiger partial charge < -0.3 is 10.4 Å². The standard InChI is InChI=1S/C15H13Cl2NO/c1-18-10-15(19,11-2-6-13(16)7-3-11)12-4-8-14(17)9-5-12/h2-9,19H,1,10H2. The van der Waals surface area contributed by atoms with Crippen molar-refractivity contribution in [1.82, 2.24) is 0 Å². The molecule has 2 rings (SSSR count). The van der Waals surface area contributed by atoms with Gasteiger partial charge in [0.2, 0.25) is 0 Å². The smallest absolute Gasteiger partial charge is 0.0987 e. The summed E-state index contributed by atoms with van der Waals surface area (Å²) < 4.78 is 0. The number of nitrogens with zero attached hydrogens (tertiary/aromatic N) is 1. The van der Waals surface area contributed by atoms with E-state index in [2.05, 4.69) is 12.4 Å². The van der Waals surface area contributed by atoms with Gasteiger partial charge in [-0.3, -0.25) is 0 Å². The first-order chi connectivity index (χ1) is 9.06. The summed E-state index contributed by atoms with van der Waals surface area (Å²) in [7, 11) is 3.47. The van der Waals surface area contributed by atoms with E-state index in [1.165, 1.54) is 0 Å². The molecule has 0 heterocycles. The summed E-state index contributed by atoms with van der Waals surface area (Å²) in [6, 6.07) is 14.1. The molecule has 0 atom stereocenters. The van der Waals surface area contributed by atoms with Gasteiger partial charge in [0.25, 0.3) is 0 Å². The highest BCUT2D eigenvalue weighted by molar-refractivity contribution is 6.30. The van der Waals surface area contributed by atoms with Crippen LogP contribution >= 0.6 is 23.2 Å². The average Bonchev–Trinajstić information content (AvgIpc) is 2.40. The number of aliphatic hydroxyl groups is 1. The maximum atomic E-state index is 10.9. The monoisotopic (exact) mass is 293 g/mol. The minimum absolute atomic E-state index is 0.163. The number of rotatable bonds is 4. The van der Waals surface area contributed by atoms with Gasteiger partial charge in [0, 0.05) is 10.0 Å². The van der Waals surface area contributed by atoms with E-state index in [0.29, 0.717) is 21.2 Å². The molecule has 0 fully saturated rings. The number of halogens is 2. The average molecular weight is 294 g/mol. The Morgan fingerprint density at radius 3 is 1.58 bits per heavy atom. The van der Waals surface area contributed by atoms with E-state index in [9.17, 15) is 5.11 Å². The third kappa shape index (κ3) is 3.04. The lowest BCUT2D eigenvalue weighted by Crippen LogP contribution is -2.30. The minimum Gasteiger partial charge on any atom is -0.455 e. The summed E-state index contributed by atoms with van der Waals surface area (Å²) in [6.45, 7) is 0.163. The predicted molar refractivity (Wildman–Crippen MR) is 79.5 cm³/mol. The maximum absolute atomic E-state index is 10.9. The van der Waals surface area contributed by atoms with E-state index in [4.69, 9.17) is 23.2 Å². The molecule has 2 nitrogen and oxygen atoms in total. The van der Waals surface area contributed by atoms with Gasteiger partial charge in [-0.05, 0) is 42.4 Å². The first-order valence-corrected chi connectivity index (χ1v) is 6.49. The molecule has 2 aromatic rings. The number of hydrogen-bond donors (Lipinski definition) is 1. The zero-order valence-corrected chi connectivity index (χ0v) is 11.7. The van der Waals surface area contributed by atoms with Gasteiger partial charge in [-0.25, -0.2) is 0 Å². The lowest BCUT2D eigenvalue weighted by atomic mass is 9.86. The van der Waals surface area contributed by atoms with Crippen molar-refractivity contribution in [3.63, 3.8) is 0 Å². The Kier molecular flexibility index (Phi) is 4.38. The molecule has 0 unspecified atom stereocenters. The Labute approximate surface area is 123 Å². The second kappa shape index (κ2) is 5.85. The van der Waals surface area contributed by atoms with Crippen LogP contribution in [0.2, 0.25) is 10.0 Å². The topological polar surface area (TPSA) is 34.3 Å². The normalized spacial score (nSPS) is 11.5. The van der Waals surface area contributed by atoms with Crippen molar-refractivity contribution in [2.45, 2.75) is 5.60 Å². The van der Waals surface area contributed by atoms with E-state index < -0.39 is 5.60 Å². The Balaban J connectivity index is 2.47. The molecule has 0 aromatic heterocycles. The third-order valence-corrected chi connectivity index (χ3v) is 3.49. The molecular formula is C15H13Cl2NO. The third-order valence-electron chi connectivity index (χ3n) is 2.98. The number of benzene rings is 2. The zero-order valence-electron chi connectivity index (χ0n) is 10.2. The summed E-state index contributed by atoms with van der Waals surface area (Å²) in [5.41, 5.74) is 0.204. The van der Waals surface area contributed by atoms with Gasteiger partial charge in [0.05, 0.1) is 5.60 Å². The van der Waals surface area contributed by atoms with E-state index in [0.717, 1.165) is 0 Å². The van der Waals surface area contributed by atoms with Gasteiger partial charge in [0.1, 0.15) is 0 Å². The Morgan fingerprint density at radius 1 is 0.895 bits per heavy atom. The Bertz CT molecular complexity index is 492. The summed E-state index contributed by atoms with van der Waals surface area (Å²) >= 11 is 11.7. The van der Waals surface area contributed by atoms with Crippen molar-refractivity contribution < 1.29 is 5.11 Å². The molecule has 19 heavy (non-hydrogen) atoms. The maximum Gasteiger partial charge on any atom is 0.0987 e. The fraction of sp³-hybridized carbons (Fsp3) is 0.133. The molecular weight excluding hydrogens is 281 g/mol. The second-order valence-corrected chi connectivity index (χ2v) is 5.13. The van der Waals surface area contributed by atoms with Crippen molar-refractivity contribution in [3.05, 3.63) is 82.1 Å². The quantitative estimate of drug-likeness (QED) is 0.833. The van der Waals surface area contributed by atoms with Gasteiger partial charge in [0.15, 0.2) is 0 Å². The Hall–Kier alpha value is -1.19. The van der Waals surface area contributed by atoms with Crippen LogP contribution in [0.25, 0.3) is 5.32 Å². The molecule has 2 aromatic carbocycles. The largest absolute Gasteiger partial charge is 0.455 e. The molecule has 0 aliphatic rings. The van der Waals surface area contributed by atoms with Gasteiger partial charge in [-0.1, -0.05) is 54.0 Å². The molecule has 4 heteroatoms. The summed E-state index contributed by atoms with van der Waals surface area (Å²) in [4.78, 5) is 0. The van der Waals surface area contributed by atoms with E-state index >= 15 is 0 Å². The molecule has 0 saturated heterocycles. The van der Waals surface area contributed by atoms with E-state index in [1.54, 1.807) is 48.5 Å². The molecule has 1 N–H and O–H groups in total. The molecule has 0 radical (unpaired) electrons. The highest BCUT2D eigenvalue weighted by atomic mass is 35.5. The molecule has 98 valence electrons. The minimum atomic E-state index is -1.23. The first-order valence-electron chi connectivity index (χ1n) is 5.73. The van der Waals surface area contributed by atoms with Gasteiger partial charge in [-0.2, -0.15) is 0 Å². The van der Waals surface area contributed by atoms with Crippen molar-refractivity contribution in [3.8, 4) is 0 Å². The van der Waals surface area contributed by atoms with Crippen LogP contribution < -0.4 is 0 Å². The van der Waals surface area contributed by atoms with Crippen LogP contribution in [-0.4, -0.2) is 11.7 Å². The van der Waals surface area contributed by atoms with Crippen LogP contribution in [0.1, 0.15) is 11.1 Å². The molecule has 0 aliphatic carbocycles. The molecule has 0 amide bonds. The summed E-state index contributed by atoms with van der Waals surface area (Å²) in [6.07, 6.45) is 0. The lowest BCUT2D eigenvalue weighted by Gasteiger charge is -2.32. The van der Waals surface area contributed by atoms with E-state index in [-0.39, 0.29) is 6.54 Å². The van der Waals surface area contributed by atoms with Crippen LogP contribution in [0.5, 0.6) is 0 Å². The van der Waals surface area contributed by atoms with Crippen molar-refractivity contribution in [2.75, 3.05) is 6.54 Å². The SMILES string of the molecule is [CH2+][N-]CC(O)(c1ccc(Cl)cc1)c1ccc(Cl)cc1. The summed E-state index contributed by atoms with van der Waals surface area (Å²) in [5.74, 6) is 0. The van der Waals surface area contributed by atoms with Crippen LogP contribution in [0.15, 0.2) is 48.5 Å². The van der Waals surface area contributed by atoms with E-state index in [1.807, 2.05) is 0 Å². The van der Waals surface area contributed by atoms with Crippen LogP contribution in [0, 0.1) is 7.05 Å². The van der Waals surface area contributed by atoms with Gasteiger partial charge >= 0.3 is 0 Å². The highest BCUT2D eigenvalue weighted by Gasteiger charge is 2.28. The zero-order chi connectivity index (χ0) is 13.9. The second-order valence-electron chi connectivity index (χ2n) is 4.26. The fourth-order valence-electron chi connectivity index (χ4n) is 1.96. The highest BCUT2D eigenvalue weighted by Crippen LogP contribution is 2.32. The van der Waals surface area contributed by atoms with Crippen LogP contribution in [0.3, 0.4) is 0 Å².